The molecule has 0 heterocycles. The van der Waals surface area contributed by atoms with E-state index in [0.717, 1.165) is 0 Å². The molecule has 0 aliphatic heterocycles. The number of hydrogen-bond acceptors (Lipinski definition) is 8. The van der Waals surface area contributed by atoms with Gasteiger partial charge in [-0.15, -0.1) is 12.1 Å². The Morgan fingerprint density at radius 1 is 1.21 bits per heavy atom. The molecule has 2 saturated carbocycles. The van der Waals surface area contributed by atoms with Gasteiger partial charge in [-0.05, 0) is 43.9 Å². The van der Waals surface area contributed by atoms with Gasteiger partial charge in [0.1, 0.15) is 5.60 Å². The summed E-state index contributed by atoms with van der Waals surface area (Å²) in [6.07, 6.45) is -0.338. The number of carbonyl (C=O) groups is 3. The van der Waals surface area contributed by atoms with E-state index in [9.17, 15) is 29.7 Å². The molecule has 0 unspecified atom stereocenters. The summed E-state index contributed by atoms with van der Waals surface area (Å²) < 4.78 is 5.40. The van der Waals surface area contributed by atoms with E-state index in [0.29, 0.717) is 6.42 Å². The van der Waals surface area contributed by atoms with Crippen LogP contribution in [-0.2, 0) is 19.2 Å². The fourth-order valence-corrected chi connectivity index (χ4v) is 6.15. The van der Waals surface area contributed by atoms with E-state index < -0.39 is 58.0 Å². The van der Waals surface area contributed by atoms with Gasteiger partial charge in [0.25, 0.3) is 0 Å². The van der Waals surface area contributed by atoms with E-state index in [1.807, 2.05) is 19.3 Å². The SMILES string of the molecule is C=C[C@@H](C)CC(=O)[C@]1(O)[C@@H](C)C[C@H](O)[C@H]2C(C)(C)CC[C@](O)(OC(=O)NOC(=O)C(=C)C)[C@@]21C. The first kappa shape index (κ1) is 28.0. The van der Waals surface area contributed by atoms with Crippen LogP contribution in [0, 0.1) is 28.6 Å². The second-order valence-electron chi connectivity index (χ2n) is 10.9. The maximum absolute atomic E-state index is 13.6. The Morgan fingerprint density at radius 2 is 1.79 bits per heavy atom. The molecule has 9 nitrogen and oxygen atoms in total. The Bertz CT molecular complexity index is 869. The molecule has 4 N–H and O–H groups in total. The van der Waals surface area contributed by atoms with Crippen molar-refractivity contribution in [2.24, 2.45) is 28.6 Å². The zero-order chi connectivity index (χ0) is 26.3. The molecule has 2 fully saturated rings. The predicted octanol–water partition coefficient (Wildman–Crippen LogP) is 2.79. The Hall–Kier alpha value is -2.23. The lowest BCUT2D eigenvalue weighted by atomic mass is 9.41. The van der Waals surface area contributed by atoms with Crippen LogP contribution in [0.15, 0.2) is 24.8 Å². The minimum atomic E-state index is -2.36. The molecule has 7 atom stereocenters. The number of allylic oxidation sites excluding steroid dienone is 1. The van der Waals surface area contributed by atoms with Gasteiger partial charge in [-0.25, -0.2) is 9.59 Å². The van der Waals surface area contributed by atoms with Gasteiger partial charge in [-0.1, -0.05) is 40.3 Å². The molecule has 192 valence electrons. The molecule has 0 aromatic heterocycles. The summed E-state index contributed by atoms with van der Waals surface area (Å²) in [5.41, 5.74) is -2.67. The molecule has 2 rings (SSSR count). The Labute approximate surface area is 201 Å². The average Bonchev–Trinajstić information content (AvgIpc) is 2.73. The van der Waals surface area contributed by atoms with Crippen molar-refractivity contribution >= 4 is 17.8 Å². The number of ketones is 1. The Balaban J connectivity index is 2.58. The van der Waals surface area contributed by atoms with Crippen molar-refractivity contribution in [3.63, 3.8) is 0 Å². The fourth-order valence-electron chi connectivity index (χ4n) is 6.15. The number of aliphatic hydroxyl groups excluding tert-OH is 1. The fraction of sp³-hybridized carbons (Fsp3) is 0.720. The third-order valence-electron chi connectivity index (χ3n) is 8.04. The zero-order valence-corrected chi connectivity index (χ0v) is 21.0. The second kappa shape index (κ2) is 9.43. The lowest BCUT2D eigenvalue weighted by molar-refractivity contribution is -0.362. The molecule has 0 aromatic carbocycles. The van der Waals surface area contributed by atoms with Crippen molar-refractivity contribution < 1.29 is 39.3 Å². The highest BCUT2D eigenvalue weighted by molar-refractivity contribution is 5.89. The third kappa shape index (κ3) is 4.41. The maximum atomic E-state index is 13.6. The smallest absolute Gasteiger partial charge is 0.414 e. The third-order valence-corrected chi connectivity index (χ3v) is 8.04. The molecular weight excluding hydrogens is 442 g/mol. The number of ether oxygens (including phenoxy) is 1. The van der Waals surface area contributed by atoms with Crippen LogP contribution in [0.5, 0.6) is 0 Å². The van der Waals surface area contributed by atoms with Gasteiger partial charge in [-0.2, -0.15) is 0 Å². The summed E-state index contributed by atoms with van der Waals surface area (Å²) >= 11 is 0. The molecule has 0 aromatic rings. The van der Waals surface area contributed by atoms with Gasteiger partial charge in [0, 0.05) is 24.3 Å². The topological polar surface area (TPSA) is 142 Å². The van der Waals surface area contributed by atoms with Crippen molar-refractivity contribution in [2.45, 2.75) is 84.7 Å². The molecule has 0 saturated heterocycles. The van der Waals surface area contributed by atoms with Crippen LogP contribution in [0.25, 0.3) is 0 Å². The van der Waals surface area contributed by atoms with Crippen LogP contribution in [-0.4, -0.2) is 50.7 Å². The summed E-state index contributed by atoms with van der Waals surface area (Å²) in [5.74, 6) is -5.57. The number of amides is 1. The molecule has 2 aliphatic carbocycles. The number of carbonyl (C=O) groups excluding carboxylic acids is 3. The molecular formula is C25H39NO8. The van der Waals surface area contributed by atoms with E-state index >= 15 is 0 Å². The molecule has 0 radical (unpaired) electrons. The van der Waals surface area contributed by atoms with Crippen molar-refractivity contribution in [2.75, 3.05) is 0 Å². The largest absolute Gasteiger partial charge is 0.443 e. The Morgan fingerprint density at radius 3 is 2.32 bits per heavy atom. The predicted molar refractivity (Wildman–Crippen MR) is 124 cm³/mol. The van der Waals surface area contributed by atoms with Crippen molar-refractivity contribution in [1.29, 1.82) is 0 Å². The number of rotatable bonds is 6. The van der Waals surface area contributed by atoms with Crippen LogP contribution in [0.1, 0.15) is 67.2 Å². The zero-order valence-electron chi connectivity index (χ0n) is 21.0. The van der Waals surface area contributed by atoms with Crippen LogP contribution in [0.2, 0.25) is 0 Å². The standard InChI is InChI=1S/C25H39NO8/c1-9-15(4)12-18(28)25(32)16(5)13-17(27)19-22(6,7)10-11-24(31,23(19,25)8)33-21(30)26-34-20(29)14(2)3/h9,15-17,19,27,31-32H,1-2,10-13H2,3-8H3,(H,26,30)/t15-,16+,17+,19+,23-,24+,25-/m1/s1. The number of hydroxylamine groups is 1. The van der Waals surface area contributed by atoms with E-state index in [1.54, 1.807) is 19.9 Å². The quantitative estimate of drug-likeness (QED) is 0.196. The van der Waals surface area contributed by atoms with E-state index in [-0.39, 0.29) is 30.8 Å². The molecule has 34 heavy (non-hydrogen) atoms. The first-order valence-electron chi connectivity index (χ1n) is 11.6. The first-order valence-corrected chi connectivity index (χ1v) is 11.6. The monoisotopic (exact) mass is 481 g/mol. The van der Waals surface area contributed by atoms with Gasteiger partial charge in [0.2, 0.25) is 5.79 Å². The lowest BCUT2D eigenvalue weighted by Crippen LogP contribution is -2.78. The lowest BCUT2D eigenvalue weighted by Gasteiger charge is -2.67. The number of nitrogens with one attached hydrogen (secondary N) is 1. The highest BCUT2D eigenvalue weighted by atomic mass is 16.7. The molecule has 2 aliphatic rings. The van der Waals surface area contributed by atoms with Crippen LogP contribution >= 0.6 is 0 Å². The van der Waals surface area contributed by atoms with Gasteiger partial charge >= 0.3 is 12.1 Å². The summed E-state index contributed by atoms with van der Waals surface area (Å²) in [5, 5.41) is 35.1. The van der Waals surface area contributed by atoms with Gasteiger partial charge < -0.3 is 24.9 Å². The maximum Gasteiger partial charge on any atom is 0.443 e. The minimum Gasteiger partial charge on any atom is -0.414 e. The van der Waals surface area contributed by atoms with E-state index in [4.69, 9.17) is 4.74 Å². The number of hydrogen-bond donors (Lipinski definition) is 4. The second-order valence-corrected chi connectivity index (χ2v) is 10.9. The minimum absolute atomic E-state index is 0.0333. The number of fused-ring (bicyclic) bond motifs is 1. The van der Waals surface area contributed by atoms with Gasteiger partial charge in [0.15, 0.2) is 5.78 Å². The summed E-state index contributed by atoms with van der Waals surface area (Å²) in [6, 6.07) is 0. The van der Waals surface area contributed by atoms with Crippen molar-refractivity contribution in [3.8, 4) is 0 Å². The normalized spacial score (nSPS) is 37.5. The highest BCUT2D eigenvalue weighted by Crippen LogP contribution is 2.66. The van der Waals surface area contributed by atoms with Crippen LogP contribution in [0.4, 0.5) is 4.79 Å². The summed E-state index contributed by atoms with van der Waals surface area (Å²) in [4.78, 5) is 42.4. The average molecular weight is 482 g/mol. The van der Waals surface area contributed by atoms with Crippen molar-refractivity contribution in [1.82, 2.24) is 5.48 Å². The van der Waals surface area contributed by atoms with E-state index in [1.165, 1.54) is 13.8 Å². The first-order chi connectivity index (χ1) is 15.5. The summed E-state index contributed by atoms with van der Waals surface area (Å²) in [6.45, 7) is 17.2. The van der Waals surface area contributed by atoms with Crippen LogP contribution in [0.3, 0.4) is 0 Å². The number of Topliss-reactive ketones (excluding diaryl/α,β-unsaturated/α-hetero) is 1. The molecule has 0 bridgehead atoms. The highest BCUT2D eigenvalue weighted by Gasteiger charge is 2.76. The van der Waals surface area contributed by atoms with E-state index in [2.05, 4.69) is 18.0 Å². The molecule has 0 spiro atoms. The van der Waals surface area contributed by atoms with Crippen molar-refractivity contribution in [3.05, 3.63) is 24.8 Å². The van der Waals surface area contributed by atoms with Gasteiger partial charge in [-0.3, -0.25) is 4.79 Å². The summed E-state index contributed by atoms with van der Waals surface area (Å²) in [7, 11) is 0. The number of aliphatic hydroxyl groups is 3. The van der Waals surface area contributed by atoms with Crippen LogP contribution < -0.4 is 5.48 Å². The Kier molecular flexibility index (Phi) is 7.77. The van der Waals surface area contributed by atoms with Gasteiger partial charge in [0.05, 0.1) is 11.5 Å². The molecule has 1 amide bonds. The molecule has 9 heteroatoms.